The number of hydrogen-bond acceptors (Lipinski definition) is 4. The summed E-state index contributed by atoms with van der Waals surface area (Å²) in [5.41, 5.74) is 1.06. The van der Waals surface area contributed by atoms with Crippen LogP contribution in [0.4, 0.5) is 4.39 Å². The van der Waals surface area contributed by atoms with E-state index >= 15 is 0 Å². The van der Waals surface area contributed by atoms with Crippen LogP contribution >= 0.6 is 0 Å². The molecule has 0 spiro atoms. The number of nitrogens with one attached hydrogen (secondary N) is 1. The van der Waals surface area contributed by atoms with E-state index < -0.39 is 23.7 Å². The van der Waals surface area contributed by atoms with E-state index in [0.717, 1.165) is 12.8 Å². The number of aryl methyl sites for hydroxylation is 1. The third kappa shape index (κ3) is 3.93. The van der Waals surface area contributed by atoms with Crippen LogP contribution in [0.2, 0.25) is 0 Å². The van der Waals surface area contributed by atoms with E-state index in [1.54, 1.807) is 31.1 Å². The molecule has 1 fully saturated rings. The number of rotatable bonds is 6. The Hall–Kier alpha value is -2.18. The minimum absolute atomic E-state index is 0.148. The van der Waals surface area contributed by atoms with Gasteiger partial charge in [-0.2, -0.15) is 0 Å². The molecule has 1 aliphatic rings. The fourth-order valence-electron chi connectivity index (χ4n) is 2.21. The van der Waals surface area contributed by atoms with Crippen molar-refractivity contribution in [1.29, 1.82) is 0 Å². The van der Waals surface area contributed by atoms with Gasteiger partial charge in [-0.3, -0.25) is 4.79 Å². The molecule has 1 aliphatic carbocycles. The van der Waals surface area contributed by atoms with Gasteiger partial charge in [0.15, 0.2) is 5.83 Å². The maximum absolute atomic E-state index is 14.0. The summed E-state index contributed by atoms with van der Waals surface area (Å²) in [6.45, 7) is 1.61. The maximum Gasteiger partial charge on any atom is 0.328 e. The average molecular weight is 309 g/mol. The first-order chi connectivity index (χ1) is 10.4. The molecule has 0 unspecified atom stereocenters. The van der Waals surface area contributed by atoms with E-state index in [9.17, 15) is 14.0 Å². The lowest BCUT2D eigenvalue weighted by molar-refractivity contribution is -0.144. The van der Waals surface area contributed by atoms with Gasteiger partial charge in [-0.05, 0) is 31.3 Å². The van der Waals surface area contributed by atoms with Gasteiger partial charge in [0.05, 0.1) is 19.1 Å². The number of allylic oxidation sites excluding steroid dienone is 1. The molecule has 6 nitrogen and oxygen atoms in total. The Morgan fingerprint density at radius 3 is 2.73 bits per heavy atom. The number of nitrogens with zero attached hydrogens (tertiary/aromatic N) is 2. The minimum atomic E-state index is -0.967. The molecule has 0 bridgehead atoms. The Kier molecular flexibility index (Phi) is 4.95. The highest BCUT2D eigenvalue weighted by atomic mass is 19.1. The molecule has 1 heterocycles. The highest BCUT2D eigenvalue weighted by Gasteiger charge is 2.30. The van der Waals surface area contributed by atoms with Gasteiger partial charge in [-0.1, -0.05) is 0 Å². The second-order valence-corrected chi connectivity index (χ2v) is 5.56. The number of ether oxygens (including phenoxy) is 1. The summed E-state index contributed by atoms with van der Waals surface area (Å²) >= 11 is 0. The van der Waals surface area contributed by atoms with Crippen LogP contribution in [0, 0.1) is 5.92 Å². The lowest BCUT2D eigenvalue weighted by atomic mass is 10.1. The topological polar surface area (TPSA) is 73.2 Å². The summed E-state index contributed by atoms with van der Waals surface area (Å²) in [6, 6.07) is -0.967. The summed E-state index contributed by atoms with van der Waals surface area (Å²) in [5.74, 6) is -2.16. The lowest BCUT2D eigenvalue weighted by Crippen LogP contribution is -2.43. The van der Waals surface area contributed by atoms with E-state index in [1.165, 1.54) is 7.11 Å². The SMILES string of the molecule is COC(=O)[C@H](Cc1cn(C)cn1)NC(=O)/C(F)=C(/C)C1CC1. The van der Waals surface area contributed by atoms with E-state index in [2.05, 4.69) is 15.0 Å². The molecule has 1 N–H and O–H groups in total. The van der Waals surface area contributed by atoms with Crippen LogP contribution in [-0.2, 0) is 27.8 Å². The van der Waals surface area contributed by atoms with Crippen molar-refractivity contribution in [2.24, 2.45) is 13.0 Å². The average Bonchev–Trinajstić information content (AvgIpc) is 3.27. The van der Waals surface area contributed by atoms with Gasteiger partial charge in [0, 0.05) is 19.7 Å². The van der Waals surface area contributed by atoms with Crippen LogP contribution < -0.4 is 5.32 Å². The van der Waals surface area contributed by atoms with Crippen LogP contribution in [0.5, 0.6) is 0 Å². The Morgan fingerprint density at radius 2 is 2.23 bits per heavy atom. The number of imidazole rings is 1. The largest absolute Gasteiger partial charge is 0.467 e. The summed E-state index contributed by atoms with van der Waals surface area (Å²) in [7, 11) is 3.02. The van der Waals surface area contributed by atoms with Crippen LogP contribution in [0.15, 0.2) is 23.9 Å². The predicted molar refractivity (Wildman–Crippen MR) is 77.4 cm³/mol. The molecule has 1 atom stereocenters. The van der Waals surface area contributed by atoms with Crippen molar-refractivity contribution in [3.8, 4) is 0 Å². The van der Waals surface area contributed by atoms with Gasteiger partial charge in [-0.15, -0.1) is 0 Å². The number of hydrogen-bond donors (Lipinski definition) is 1. The van der Waals surface area contributed by atoms with Crippen LogP contribution in [-0.4, -0.2) is 34.6 Å². The standard InChI is InChI=1S/C15H20FN3O3/c1-9(10-4-5-10)13(16)14(20)18-12(15(21)22-3)6-11-7-19(2)8-17-11/h7-8,10,12H,4-6H2,1-3H3,(H,18,20)/b13-9+/t12-/m0/s1. The monoisotopic (exact) mass is 309 g/mol. The van der Waals surface area contributed by atoms with E-state index in [0.29, 0.717) is 11.3 Å². The van der Waals surface area contributed by atoms with Crippen molar-refractivity contribution in [3.05, 3.63) is 29.6 Å². The van der Waals surface area contributed by atoms with Crippen LogP contribution in [0.3, 0.4) is 0 Å². The second-order valence-electron chi connectivity index (χ2n) is 5.56. The number of carbonyl (C=O) groups excluding carboxylic acids is 2. The zero-order valence-electron chi connectivity index (χ0n) is 12.9. The van der Waals surface area contributed by atoms with Gasteiger partial charge in [0.2, 0.25) is 0 Å². The molecule has 1 aromatic heterocycles. The third-order valence-corrected chi connectivity index (χ3v) is 3.70. The fraction of sp³-hybridized carbons (Fsp3) is 0.533. The summed E-state index contributed by atoms with van der Waals surface area (Å²) < 4.78 is 20.4. The van der Waals surface area contributed by atoms with E-state index in [1.807, 2.05) is 0 Å². The van der Waals surface area contributed by atoms with Gasteiger partial charge >= 0.3 is 5.97 Å². The first-order valence-electron chi connectivity index (χ1n) is 7.14. The number of methoxy groups -OCH3 is 1. The molecule has 1 amide bonds. The molecule has 1 saturated carbocycles. The molecule has 0 radical (unpaired) electrons. The summed E-state index contributed by atoms with van der Waals surface area (Å²) in [4.78, 5) is 27.8. The highest BCUT2D eigenvalue weighted by Crippen LogP contribution is 2.37. The van der Waals surface area contributed by atoms with E-state index in [-0.39, 0.29) is 12.3 Å². The Labute approximate surface area is 128 Å². The van der Waals surface area contributed by atoms with Crippen molar-refractivity contribution in [3.63, 3.8) is 0 Å². The number of carbonyl (C=O) groups is 2. The van der Waals surface area contributed by atoms with E-state index in [4.69, 9.17) is 0 Å². The molecular weight excluding hydrogens is 289 g/mol. The Bertz CT molecular complexity index is 605. The van der Waals surface area contributed by atoms with Crippen molar-refractivity contribution in [2.75, 3.05) is 7.11 Å². The summed E-state index contributed by atoms with van der Waals surface area (Å²) in [6.07, 6.45) is 5.27. The molecule has 0 aromatic carbocycles. The first-order valence-corrected chi connectivity index (χ1v) is 7.14. The second kappa shape index (κ2) is 6.72. The molecule has 2 rings (SSSR count). The first kappa shape index (κ1) is 16.2. The molecule has 0 aliphatic heterocycles. The molecule has 0 saturated heterocycles. The Morgan fingerprint density at radius 1 is 1.55 bits per heavy atom. The maximum atomic E-state index is 14.0. The molecule has 7 heteroatoms. The number of esters is 1. The fourth-order valence-corrected chi connectivity index (χ4v) is 2.21. The van der Waals surface area contributed by atoms with Gasteiger partial charge in [-0.25, -0.2) is 14.2 Å². The minimum Gasteiger partial charge on any atom is -0.467 e. The zero-order valence-corrected chi connectivity index (χ0v) is 12.9. The van der Waals surface area contributed by atoms with Crippen LogP contribution in [0.1, 0.15) is 25.5 Å². The van der Waals surface area contributed by atoms with Gasteiger partial charge in [0.1, 0.15) is 6.04 Å². The summed E-state index contributed by atoms with van der Waals surface area (Å²) in [5, 5.41) is 2.39. The highest BCUT2D eigenvalue weighted by molar-refractivity contribution is 5.95. The normalized spacial score (nSPS) is 16.7. The van der Waals surface area contributed by atoms with Crippen molar-refractivity contribution in [2.45, 2.75) is 32.2 Å². The Balaban J connectivity index is 2.07. The molecule has 1 aromatic rings. The third-order valence-electron chi connectivity index (χ3n) is 3.70. The van der Waals surface area contributed by atoms with Gasteiger partial charge < -0.3 is 14.6 Å². The van der Waals surface area contributed by atoms with Gasteiger partial charge in [0.25, 0.3) is 5.91 Å². The van der Waals surface area contributed by atoms with Crippen molar-refractivity contribution < 1.29 is 18.7 Å². The van der Waals surface area contributed by atoms with Crippen LogP contribution in [0.25, 0.3) is 0 Å². The smallest absolute Gasteiger partial charge is 0.328 e. The number of aromatic nitrogens is 2. The van der Waals surface area contributed by atoms with Crippen molar-refractivity contribution in [1.82, 2.24) is 14.9 Å². The molecule has 120 valence electrons. The quantitative estimate of drug-likeness (QED) is 0.634. The predicted octanol–water partition coefficient (Wildman–Crippen LogP) is 1.27. The zero-order chi connectivity index (χ0) is 16.3. The van der Waals surface area contributed by atoms with Crippen molar-refractivity contribution >= 4 is 11.9 Å². The molecule has 22 heavy (non-hydrogen) atoms. The number of halogens is 1. The number of amides is 1. The lowest BCUT2D eigenvalue weighted by Gasteiger charge is -2.15. The molecular formula is C15H20FN3O3.